The maximum Gasteiger partial charge on any atom is 0.310 e. The van der Waals surface area contributed by atoms with Crippen molar-refractivity contribution in [3.63, 3.8) is 0 Å². The lowest BCUT2D eigenvalue weighted by molar-refractivity contribution is -0.151. The van der Waals surface area contributed by atoms with Gasteiger partial charge >= 0.3 is 5.97 Å². The van der Waals surface area contributed by atoms with E-state index >= 15 is 0 Å². The van der Waals surface area contributed by atoms with Gasteiger partial charge in [0.05, 0.1) is 11.1 Å². The summed E-state index contributed by atoms with van der Waals surface area (Å²) in [5, 5.41) is 18.5. The maximum atomic E-state index is 14.2. The van der Waals surface area contributed by atoms with Gasteiger partial charge in [-0.3, -0.25) is 4.79 Å². The number of rotatable bonds is 5. The highest BCUT2D eigenvalue weighted by atomic mass is 35.5. The molecule has 1 fully saturated rings. The molecule has 0 bridgehead atoms. The zero-order chi connectivity index (χ0) is 17.2. The first-order valence-electron chi connectivity index (χ1n) is 7.77. The van der Waals surface area contributed by atoms with Gasteiger partial charge in [0, 0.05) is 24.0 Å². The van der Waals surface area contributed by atoms with Crippen molar-refractivity contribution in [3.05, 3.63) is 35.2 Å². The van der Waals surface area contributed by atoms with E-state index in [4.69, 9.17) is 0 Å². The topological polar surface area (TPSA) is 87.1 Å². The van der Waals surface area contributed by atoms with Gasteiger partial charge in [0.1, 0.15) is 11.6 Å². The van der Waals surface area contributed by atoms with Crippen molar-refractivity contribution in [2.45, 2.75) is 32.2 Å². The second-order valence-electron chi connectivity index (χ2n) is 6.16. The Kier molecular flexibility index (Phi) is 6.31. The van der Waals surface area contributed by atoms with E-state index in [0.717, 1.165) is 0 Å². The Bertz CT molecular complexity index is 731. The molecule has 2 aromatic rings. The summed E-state index contributed by atoms with van der Waals surface area (Å²) in [6.45, 7) is 2.55. The molecule has 25 heavy (non-hydrogen) atoms. The molecule has 0 aromatic carbocycles. The molecule has 9 heteroatoms. The molecule has 136 valence electrons. The fourth-order valence-electron chi connectivity index (χ4n) is 3.14. The van der Waals surface area contributed by atoms with E-state index in [9.17, 15) is 14.3 Å². The standard InChI is InChI=1S/C16H19FN4O2S.ClH/c1-10-8-16(14(22)23,4-5-18-10)9-12-11(17)2-3-13(20-12)21-15-19-6-7-24-15;/h2-3,6-7,10,18H,4-5,8-9H2,1H3,(H,22,23)(H,19,20,21);1H. The summed E-state index contributed by atoms with van der Waals surface area (Å²) in [6.07, 6.45) is 2.65. The van der Waals surface area contributed by atoms with Crippen LogP contribution in [-0.4, -0.2) is 33.6 Å². The number of aromatic nitrogens is 2. The summed E-state index contributed by atoms with van der Waals surface area (Å²) >= 11 is 1.41. The Hall–Kier alpha value is -1.77. The average Bonchev–Trinajstić information content (AvgIpc) is 3.03. The first-order chi connectivity index (χ1) is 11.5. The highest BCUT2D eigenvalue weighted by Gasteiger charge is 2.42. The highest BCUT2D eigenvalue weighted by Crippen LogP contribution is 2.36. The van der Waals surface area contributed by atoms with Crippen LogP contribution in [-0.2, 0) is 11.2 Å². The van der Waals surface area contributed by atoms with E-state index in [0.29, 0.717) is 30.3 Å². The summed E-state index contributed by atoms with van der Waals surface area (Å²) in [7, 11) is 0. The Morgan fingerprint density at radius 3 is 3.00 bits per heavy atom. The van der Waals surface area contributed by atoms with Crippen LogP contribution in [0.2, 0.25) is 0 Å². The van der Waals surface area contributed by atoms with Crippen molar-refractivity contribution in [2.75, 3.05) is 11.9 Å². The first kappa shape index (κ1) is 19.6. The normalized spacial score (nSPS) is 22.9. The number of hydrogen-bond acceptors (Lipinski definition) is 6. The van der Waals surface area contributed by atoms with E-state index < -0.39 is 17.2 Å². The lowest BCUT2D eigenvalue weighted by Crippen LogP contribution is -2.48. The van der Waals surface area contributed by atoms with Crippen LogP contribution in [0.25, 0.3) is 0 Å². The number of hydrogen-bond donors (Lipinski definition) is 3. The molecule has 3 heterocycles. The van der Waals surface area contributed by atoms with Crippen LogP contribution in [0.3, 0.4) is 0 Å². The SMILES string of the molecule is CC1CC(Cc2nc(Nc3nccs3)ccc2F)(C(=O)O)CCN1.Cl. The third-order valence-corrected chi connectivity index (χ3v) is 5.03. The number of carboxylic acid groups (broad SMARTS) is 1. The summed E-state index contributed by atoms with van der Waals surface area (Å²) in [6, 6.07) is 2.92. The van der Waals surface area contributed by atoms with Gasteiger partial charge in [-0.15, -0.1) is 23.7 Å². The van der Waals surface area contributed by atoms with Gasteiger partial charge < -0.3 is 15.7 Å². The smallest absolute Gasteiger partial charge is 0.310 e. The van der Waals surface area contributed by atoms with Crippen LogP contribution in [0.4, 0.5) is 15.3 Å². The van der Waals surface area contributed by atoms with Crippen LogP contribution in [0.1, 0.15) is 25.5 Å². The zero-order valence-corrected chi connectivity index (χ0v) is 15.3. The molecule has 2 unspecified atom stereocenters. The van der Waals surface area contributed by atoms with E-state index in [2.05, 4.69) is 20.6 Å². The third-order valence-electron chi connectivity index (χ3n) is 4.34. The number of anilines is 2. The number of nitrogens with one attached hydrogen (secondary N) is 2. The van der Waals surface area contributed by atoms with Gasteiger partial charge in [0.2, 0.25) is 0 Å². The van der Waals surface area contributed by atoms with Gasteiger partial charge in [-0.1, -0.05) is 0 Å². The predicted octanol–water partition coefficient (Wildman–Crippen LogP) is 3.23. The fourth-order valence-corrected chi connectivity index (χ4v) is 3.68. The van der Waals surface area contributed by atoms with Crippen LogP contribution in [0.5, 0.6) is 0 Å². The fraction of sp³-hybridized carbons (Fsp3) is 0.438. The quantitative estimate of drug-likeness (QED) is 0.731. The molecular weight excluding hydrogens is 367 g/mol. The second kappa shape index (κ2) is 8.07. The largest absolute Gasteiger partial charge is 0.481 e. The number of aliphatic carboxylic acids is 1. The minimum Gasteiger partial charge on any atom is -0.481 e. The van der Waals surface area contributed by atoms with Crippen LogP contribution < -0.4 is 10.6 Å². The summed E-state index contributed by atoms with van der Waals surface area (Å²) in [4.78, 5) is 20.3. The summed E-state index contributed by atoms with van der Waals surface area (Å²) in [5.74, 6) is -0.911. The number of carboxylic acids is 1. The highest BCUT2D eigenvalue weighted by molar-refractivity contribution is 7.13. The molecule has 6 nitrogen and oxygen atoms in total. The predicted molar refractivity (Wildman–Crippen MR) is 97.3 cm³/mol. The molecule has 0 aliphatic carbocycles. The van der Waals surface area contributed by atoms with Gasteiger partial charge in [-0.05, 0) is 38.4 Å². The molecule has 0 spiro atoms. The number of piperidine rings is 1. The van der Waals surface area contributed by atoms with E-state index in [1.165, 1.54) is 23.5 Å². The van der Waals surface area contributed by atoms with Crippen molar-refractivity contribution in [3.8, 4) is 0 Å². The molecular formula is C16H20ClFN4O2S. The van der Waals surface area contributed by atoms with Crippen LogP contribution in [0, 0.1) is 11.2 Å². The number of carbonyl (C=O) groups is 1. The number of halogens is 2. The number of pyridine rings is 1. The van der Waals surface area contributed by atoms with Crippen molar-refractivity contribution in [2.24, 2.45) is 5.41 Å². The number of nitrogens with zero attached hydrogens (tertiary/aromatic N) is 2. The van der Waals surface area contributed by atoms with Gasteiger partial charge in [-0.2, -0.15) is 0 Å². The Labute approximate surface area is 155 Å². The van der Waals surface area contributed by atoms with Crippen molar-refractivity contribution in [1.82, 2.24) is 15.3 Å². The van der Waals surface area contributed by atoms with E-state index in [1.807, 2.05) is 12.3 Å². The molecule has 0 amide bonds. The molecule has 2 atom stereocenters. The van der Waals surface area contributed by atoms with Crippen molar-refractivity contribution >= 4 is 40.7 Å². The molecule has 1 aliphatic heterocycles. The Morgan fingerprint density at radius 1 is 1.56 bits per heavy atom. The van der Waals surface area contributed by atoms with E-state index in [-0.39, 0.29) is 30.6 Å². The molecule has 1 aliphatic rings. The van der Waals surface area contributed by atoms with Crippen molar-refractivity contribution < 1.29 is 14.3 Å². The van der Waals surface area contributed by atoms with Crippen LogP contribution >= 0.6 is 23.7 Å². The first-order valence-corrected chi connectivity index (χ1v) is 8.65. The molecule has 2 aromatic heterocycles. The summed E-state index contributed by atoms with van der Waals surface area (Å²) in [5.41, 5.74) is -0.814. The third kappa shape index (κ3) is 4.45. The van der Waals surface area contributed by atoms with E-state index in [1.54, 1.807) is 6.20 Å². The lowest BCUT2D eigenvalue weighted by Gasteiger charge is -2.37. The minimum atomic E-state index is -0.988. The average molecular weight is 387 g/mol. The molecule has 0 radical (unpaired) electrons. The van der Waals surface area contributed by atoms with Gasteiger partial charge in [0.15, 0.2) is 5.13 Å². The Balaban J connectivity index is 0.00000225. The van der Waals surface area contributed by atoms with Crippen molar-refractivity contribution in [1.29, 1.82) is 0 Å². The molecule has 1 saturated heterocycles. The zero-order valence-electron chi connectivity index (χ0n) is 13.7. The maximum absolute atomic E-state index is 14.2. The summed E-state index contributed by atoms with van der Waals surface area (Å²) < 4.78 is 14.2. The lowest BCUT2D eigenvalue weighted by atomic mass is 9.73. The van der Waals surface area contributed by atoms with Gasteiger partial charge in [0.25, 0.3) is 0 Å². The Morgan fingerprint density at radius 2 is 2.36 bits per heavy atom. The monoisotopic (exact) mass is 386 g/mol. The van der Waals surface area contributed by atoms with Crippen LogP contribution in [0.15, 0.2) is 23.7 Å². The second-order valence-corrected chi connectivity index (χ2v) is 7.05. The minimum absolute atomic E-state index is 0. The number of thiazole rings is 1. The molecule has 3 rings (SSSR count). The molecule has 3 N–H and O–H groups in total. The van der Waals surface area contributed by atoms with Gasteiger partial charge in [-0.25, -0.2) is 14.4 Å². The molecule has 0 saturated carbocycles.